The number of nitrogens with one attached hydrogen (secondary N) is 1. The van der Waals surface area contributed by atoms with Crippen LogP contribution in [0.1, 0.15) is 16.1 Å². The van der Waals surface area contributed by atoms with Crippen LogP contribution in [0, 0.1) is 11.6 Å². The fraction of sp³-hybridized carbons (Fsp3) is 0.0833. The van der Waals surface area contributed by atoms with Crippen molar-refractivity contribution in [3.63, 3.8) is 0 Å². The number of furan rings is 1. The molecule has 5 nitrogen and oxygen atoms in total. The third-order valence-corrected chi connectivity index (χ3v) is 2.37. The normalized spacial score (nSPS) is 10.3. The van der Waals surface area contributed by atoms with Gasteiger partial charge < -0.3 is 9.15 Å². The van der Waals surface area contributed by atoms with Crippen molar-refractivity contribution in [2.75, 3.05) is 0 Å². The quantitative estimate of drug-likeness (QED) is 0.503. The van der Waals surface area contributed by atoms with Gasteiger partial charge in [-0.1, -0.05) is 0 Å². The number of carbonyl (C=O) groups excluding carboxylic acids is 1. The third kappa shape index (κ3) is 2.89. The van der Waals surface area contributed by atoms with Crippen LogP contribution < -0.4 is 16.0 Å². The van der Waals surface area contributed by atoms with E-state index < -0.39 is 17.5 Å². The molecule has 0 unspecified atom stereocenters. The van der Waals surface area contributed by atoms with Crippen LogP contribution in [0.5, 0.6) is 5.75 Å². The van der Waals surface area contributed by atoms with Gasteiger partial charge in [0.2, 0.25) is 0 Å². The van der Waals surface area contributed by atoms with Crippen molar-refractivity contribution in [1.29, 1.82) is 0 Å². The highest BCUT2D eigenvalue weighted by atomic mass is 19.1. The van der Waals surface area contributed by atoms with Crippen LogP contribution in [0.25, 0.3) is 0 Å². The highest BCUT2D eigenvalue weighted by Gasteiger charge is 2.15. The molecular formula is C12H10F2N2O3. The van der Waals surface area contributed by atoms with Crippen LogP contribution in [0.4, 0.5) is 8.78 Å². The Hall–Kier alpha value is -2.41. The molecule has 0 aliphatic heterocycles. The van der Waals surface area contributed by atoms with E-state index >= 15 is 0 Å². The molecule has 0 radical (unpaired) electrons. The lowest BCUT2D eigenvalue weighted by Crippen LogP contribution is -2.30. The molecule has 1 aromatic heterocycles. The summed E-state index contributed by atoms with van der Waals surface area (Å²) in [5, 5.41) is 0. The number of ether oxygens (including phenoxy) is 1. The highest BCUT2D eigenvalue weighted by Crippen LogP contribution is 2.20. The van der Waals surface area contributed by atoms with Crippen molar-refractivity contribution in [1.82, 2.24) is 5.43 Å². The second-order valence-corrected chi connectivity index (χ2v) is 3.59. The van der Waals surface area contributed by atoms with Gasteiger partial charge in [0.1, 0.15) is 12.4 Å². The van der Waals surface area contributed by atoms with Crippen molar-refractivity contribution in [2.24, 2.45) is 5.84 Å². The second-order valence-electron chi connectivity index (χ2n) is 3.59. The molecule has 1 heterocycles. The lowest BCUT2D eigenvalue weighted by molar-refractivity contribution is 0.0949. The summed E-state index contributed by atoms with van der Waals surface area (Å²) in [6, 6.07) is 4.21. The predicted molar refractivity (Wildman–Crippen MR) is 61.1 cm³/mol. The van der Waals surface area contributed by atoms with Crippen LogP contribution in [0.3, 0.4) is 0 Å². The summed E-state index contributed by atoms with van der Waals surface area (Å²) >= 11 is 0. The van der Waals surface area contributed by atoms with Crippen molar-refractivity contribution in [2.45, 2.75) is 6.61 Å². The van der Waals surface area contributed by atoms with E-state index in [0.29, 0.717) is 0 Å². The summed E-state index contributed by atoms with van der Waals surface area (Å²) < 4.78 is 36.3. The average molecular weight is 268 g/mol. The molecule has 1 aromatic carbocycles. The van der Waals surface area contributed by atoms with Gasteiger partial charge in [-0.3, -0.25) is 10.2 Å². The lowest BCUT2D eigenvalue weighted by Gasteiger charge is -2.06. The number of hydrogen-bond donors (Lipinski definition) is 2. The van der Waals surface area contributed by atoms with Gasteiger partial charge in [0, 0.05) is 6.07 Å². The van der Waals surface area contributed by atoms with Gasteiger partial charge in [-0.15, -0.1) is 0 Å². The van der Waals surface area contributed by atoms with Crippen molar-refractivity contribution in [3.05, 3.63) is 53.5 Å². The van der Waals surface area contributed by atoms with Crippen molar-refractivity contribution < 1.29 is 22.7 Å². The maximum absolute atomic E-state index is 13.3. The summed E-state index contributed by atoms with van der Waals surface area (Å²) in [6.45, 7) is -0.226. The van der Waals surface area contributed by atoms with Gasteiger partial charge in [0.15, 0.2) is 17.3 Å². The minimum atomic E-state index is -0.710. The lowest BCUT2D eigenvalue weighted by atomic mass is 10.2. The maximum Gasteiger partial charge on any atom is 0.268 e. The summed E-state index contributed by atoms with van der Waals surface area (Å²) in [7, 11) is 0. The molecule has 1 amide bonds. The first-order valence-electron chi connectivity index (χ1n) is 5.27. The first-order valence-corrected chi connectivity index (χ1v) is 5.27. The molecule has 0 spiro atoms. The minimum Gasteiger partial charge on any atom is -0.482 e. The van der Waals surface area contributed by atoms with Gasteiger partial charge in [-0.25, -0.2) is 14.6 Å². The smallest absolute Gasteiger partial charge is 0.268 e. The highest BCUT2D eigenvalue weighted by molar-refractivity contribution is 5.94. The molecule has 0 aliphatic carbocycles. The number of benzene rings is 1. The second kappa shape index (κ2) is 5.49. The summed E-state index contributed by atoms with van der Waals surface area (Å²) in [5.41, 5.74) is 2.10. The number of rotatable bonds is 4. The molecule has 2 aromatic rings. The number of hydrazine groups is 1. The van der Waals surface area contributed by atoms with Crippen molar-refractivity contribution in [3.8, 4) is 5.75 Å². The summed E-state index contributed by atoms with van der Waals surface area (Å²) in [5.74, 6) is 2.98. The van der Waals surface area contributed by atoms with E-state index in [2.05, 4.69) is 0 Å². The molecule has 7 heteroatoms. The first-order chi connectivity index (χ1) is 9.11. The van der Waals surface area contributed by atoms with E-state index in [-0.39, 0.29) is 23.7 Å². The molecular weight excluding hydrogens is 258 g/mol. The fourth-order valence-corrected chi connectivity index (χ4v) is 1.46. The topological polar surface area (TPSA) is 77.5 Å². The number of nitrogens with two attached hydrogens (primary N) is 1. The van der Waals surface area contributed by atoms with E-state index in [9.17, 15) is 13.6 Å². The summed E-state index contributed by atoms with van der Waals surface area (Å²) in [6.07, 6.45) is 1.27. The largest absolute Gasteiger partial charge is 0.482 e. The van der Waals surface area contributed by atoms with E-state index in [1.54, 1.807) is 0 Å². The van der Waals surface area contributed by atoms with Gasteiger partial charge >= 0.3 is 0 Å². The Kier molecular flexibility index (Phi) is 3.76. The van der Waals surface area contributed by atoms with Gasteiger partial charge in [-0.2, -0.15) is 0 Å². The third-order valence-electron chi connectivity index (χ3n) is 2.37. The van der Waals surface area contributed by atoms with Crippen LogP contribution in [0.2, 0.25) is 0 Å². The van der Waals surface area contributed by atoms with Crippen LogP contribution in [-0.2, 0) is 6.61 Å². The maximum atomic E-state index is 13.3. The Morgan fingerprint density at radius 2 is 2.16 bits per heavy atom. The number of nitrogen functional groups attached to an aromatic ring is 1. The Bertz CT molecular complexity index is 598. The molecule has 0 saturated carbocycles. The minimum absolute atomic E-state index is 0.159. The standard InChI is InChI=1S/C12H10F2N2O3/c13-7-1-2-9(14)10(5-7)19-6-11-8(3-4-18-11)12(17)16-15/h1-5H,6,15H2,(H,16,17). The van der Waals surface area contributed by atoms with Gasteiger partial charge in [0.05, 0.1) is 11.8 Å². The van der Waals surface area contributed by atoms with Crippen LogP contribution >= 0.6 is 0 Å². The number of hydrogen-bond acceptors (Lipinski definition) is 4. The molecule has 0 aliphatic rings. The Morgan fingerprint density at radius 1 is 1.37 bits per heavy atom. The first kappa shape index (κ1) is 13.0. The molecule has 100 valence electrons. The zero-order valence-corrected chi connectivity index (χ0v) is 9.65. The van der Waals surface area contributed by atoms with Gasteiger partial charge in [-0.05, 0) is 18.2 Å². The Labute approximate surface area is 106 Å². The van der Waals surface area contributed by atoms with Crippen molar-refractivity contribution >= 4 is 5.91 Å². The molecule has 2 rings (SSSR count). The average Bonchev–Trinajstić information content (AvgIpc) is 2.87. The Balaban J connectivity index is 2.13. The van der Waals surface area contributed by atoms with Crippen LogP contribution in [-0.4, -0.2) is 5.91 Å². The zero-order valence-electron chi connectivity index (χ0n) is 9.65. The molecule has 0 fully saturated rings. The van der Waals surface area contributed by atoms with Crippen LogP contribution in [0.15, 0.2) is 34.9 Å². The van der Waals surface area contributed by atoms with E-state index in [1.165, 1.54) is 12.3 Å². The fourth-order valence-electron chi connectivity index (χ4n) is 1.46. The van der Waals surface area contributed by atoms with E-state index in [1.807, 2.05) is 5.43 Å². The molecule has 3 N–H and O–H groups in total. The number of halogens is 2. The monoisotopic (exact) mass is 268 g/mol. The number of carbonyl (C=O) groups is 1. The van der Waals surface area contributed by atoms with E-state index in [4.69, 9.17) is 15.0 Å². The molecule has 19 heavy (non-hydrogen) atoms. The van der Waals surface area contributed by atoms with E-state index in [0.717, 1.165) is 18.2 Å². The van der Waals surface area contributed by atoms with Gasteiger partial charge in [0.25, 0.3) is 5.91 Å². The zero-order chi connectivity index (χ0) is 13.8. The summed E-state index contributed by atoms with van der Waals surface area (Å²) in [4.78, 5) is 11.3. The Morgan fingerprint density at radius 3 is 2.89 bits per heavy atom. The molecule has 0 atom stereocenters. The predicted octanol–water partition coefficient (Wildman–Crippen LogP) is 1.74. The number of amides is 1. The SMILES string of the molecule is NNC(=O)c1ccoc1COc1cc(F)ccc1F. The molecule has 0 saturated heterocycles. The molecule has 0 bridgehead atoms.